The van der Waals surface area contributed by atoms with Gasteiger partial charge in [-0.25, -0.2) is 4.98 Å². The Hall–Kier alpha value is -2.60. The smallest absolute Gasteiger partial charge is 0.311 e. The fraction of sp³-hybridized carbons (Fsp3) is 0.235. The summed E-state index contributed by atoms with van der Waals surface area (Å²) in [6.07, 6.45) is 0.548. The van der Waals surface area contributed by atoms with Crippen molar-refractivity contribution in [1.29, 1.82) is 0 Å². The molecule has 0 saturated heterocycles. The fourth-order valence-electron chi connectivity index (χ4n) is 1.88. The molecule has 0 aliphatic carbocycles. The Kier molecular flexibility index (Phi) is 6.14. The first-order valence-electron chi connectivity index (χ1n) is 7.23. The van der Waals surface area contributed by atoms with E-state index in [0.717, 1.165) is 5.56 Å². The van der Waals surface area contributed by atoms with Crippen molar-refractivity contribution in [2.75, 3.05) is 12.4 Å². The minimum absolute atomic E-state index is 0.0702. The first kappa shape index (κ1) is 17.7. The number of halogens is 1. The molecule has 1 N–H and O–H groups in total. The molecule has 0 fully saturated rings. The SMILES string of the molecule is COc1ccc(CC(=O)OC(C)C(=O)Nc2ccc(Cl)cn2)cc1. The summed E-state index contributed by atoms with van der Waals surface area (Å²) in [6.45, 7) is 1.50. The Balaban J connectivity index is 1.85. The molecule has 2 rings (SSSR count). The Labute approximate surface area is 144 Å². The third-order valence-electron chi connectivity index (χ3n) is 3.16. The lowest BCUT2D eigenvalue weighted by Gasteiger charge is -2.13. The molecule has 0 aliphatic rings. The molecule has 6 nitrogen and oxygen atoms in total. The van der Waals surface area contributed by atoms with Crippen molar-refractivity contribution in [3.63, 3.8) is 0 Å². The van der Waals surface area contributed by atoms with Crippen LogP contribution < -0.4 is 10.1 Å². The van der Waals surface area contributed by atoms with E-state index in [1.165, 1.54) is 13.1 Å². The number of amides is 1. The Bertz CT molecular complexity index is 702. The fourth-order valence-corrected chi connectivity index (χ4v) is 1.99. The van der Waals surface area contributed by atoms with E-state index in [1.54, 1.807) is 43.5 Å². The van der Waals surface area contributed by atoms with Crippen LogP contribution in [0.2, 0.25) is 5.02 Å². The average Bonchev–Trinajstić information content (AvgIpc) is 2.57. The highest BCUT2D eigenvalue weighted by Gasteiger charge is 2.18. The normalized spacial score (nSPS) is 11.5. The van der Waals surface area contributed by atoms with Gasteiger partial charge in [0.05, 0.1) is 18.6 Å². The van der Waals surface area contributed by atoms with E-state index < -0.39 is 18.0 Å². The molecule has 24 heavy (non-hydrogen) atoms. The van der Waals surface area contributed by atoms with E-state index in [4.69, 9.17) is 21.1 Å². The van der Waals surface area contributed by atoms with Crippen molar-refractivity contribution in [3.05, 3.63) is 53.2 Å². The third kappa shape index (κ3) is 5.24. The average molecular weight is 349 g/mol. The summed E-state index contributed by atoms with van der Waals surface area (Å²) in [5.41, 5.74) is 0.771. The van der Waals surface area contributed by atoms with Crippen molar-refractivity contribution < 1.29 is 19.1 Å². The summed E-state index contributed by atoms with van der Waals surface area (Å²) in [7, 11) is 1.57. The number of esters is 1. The molecule has 0 spiro atoms. The minimum atomic E-state index is -0.937. The van der Waals surface area contributed by atoms with Crippen LogP contribution in [0.4, 0.5) is 5.82 Å². The molecule has 0 saturated carbocycles. The van der Waals surface area contributed by atoms with E-state index in [2.05, 4.69) is 10.3 Å². The zero-order valence-corrected chi connectivity index (χ0v) is 14.0. The Morgan fingerprint density at radius 3 is 2.50 bits per heavy atom. The number of aromatic nitrogens is 1. The minimum Gasteiger partial charge on any atom is -0.497 e. The number of carbonyl (C=O) groups is 2. The Morgan fingerprint density at radius 2 is 1.92 bits per heavy atom. The number of hydrogen-bond donors (Lipinski definition) is 1. The zero-order valence-electron chi connectivity index (χ0n) is 13.3. The summed E-state index contributed by atoms with van der Waals surface area (Å²) in [5, 5.41) is 3.02. The largest absolute Gasteiger partial charge is 0.497 e. The van der Waals surface area contributed by atoms with Crippen LogP contribution in [0.15, 0.2) is 42.6 Å². The second-order valence-corrected chi connectivity index (χ2v) is 5.44. The third-order valence-corrected chi connectivity index (χ3v) is 3.39. The van der Waals surface area contributed by atoms with Crippen molar-refractivity contribution >= 4 is 29.3 Å². The van der Waals surface area contributed by atoms with Crippen molar-refractivity contribution in [1.82, 2.24) is 4.98 Å². The highest BCUT2D eigenvalue weighted by atomic mass is 35.5. The molecule has 0 bridgehead atoms. The number of hydrogen-bond acceptors (Lipinski definition) is 5. The molecule has 2 aromatic rings. The summed E-state index contributed by atoms with van der Waals surface area (Å²) in [6, 6.07) is 10.2. The van der Waals surface area contributed by atoms with Gasteiger partial charge in [0.25, 0.3) is 5.91 Å². The highest BCUT2D eigenvalue weighted by Crippen LogP contribution is 2.13. The molecule has 7 heteroatoms. The lowest BCUT2D eigenvalue weighted by molar-refractivity contribution is -0.152. The van der Waals surface area contributed by atoms with Crippen LogP contribution in [-0.2, 0) is 20.7 Å². The molecule has 1 aromatic carbocycles. The van der Waals surface area contributed by atoms with Gasteiger partial charge < -0.3 is 14.8 Å². The van der Waals surface area contributed by atoms with Crippen molar-refractivity contribution in [3.8, 4) is 5.75 Å². The summed E-state index contributed by atoms with van der Waals surface area (Å²) >= 11 is 5.72. The maximum atomic E-state index is 12.0. The molecular weight excluding hydrogens is 332 g/mol. The molecule has 1 atom stereocenters. The molecule has 1 aromatic heterocycles. The van der Waals surface area contributed by atoms with Gasteiger partial charge in [0.1, 0.15) is 11.6 Å². The number of methoxy groups -OCH3 is 1. The Morgan fingerprint density at radius 1 is 1.21 bits per heavy atom. The lowest BCUT2D eigenvalue weighted by atomic mass is 10.1. The number of benzene rings is 1. The van der Waals surface area contributed by atoms with Crippen molar-refractivity contribution in [2.45, 2.75) is 19.4 Å². The maximum absolute atomic E-state index is 12.0. The van der Waals surface area contributed by atoms with Gasteiger partial charge in [-0.05, 0) is 36.8 Å². The molecule has 1 unspecified atom stereocenters. The second-order valence-electron chi connectivity index (χ2n) is 5.01. The van der Waals surface area contributed by atoms with Gasteiger partial charge in [0, 0.05) is 6.20 Å². The summed E-state index contributed by atoms with van der Waals surface area (Å²) in [5.74, 6) is 0.0811. The van der Waals surface area contributed by atoms with Gasteiger partial charge in [-0.1, -0.05) is 23.7 Å². The number of pyridine rings is 1. The van der Waals surface area contributed by atoms with E-state index in [0.29, 0.717) is 16.6 Å². The number of rotatable bonds is 6. The topological polar surface area (TPSA) is 77.5 Å². The first-order valence-corrected chi connectivity index (χ1v) is 7.60. The summed E-state index contributed by atoms with van der Waals surface area (Å²) in [4.78, 5) is 27.9. The van der Waals surface area contributed by atoms with Crippen LogP contribution in [-0.4, -0.2) is 30.1 Å². The molecule has 1 heterocycles. The number of nitrogens with zero attached hydrogens (tertiary/aromatic N) is 1. The molecular formula is C17H17ClN2O4. The number of carbonyl (C=O) groups excluding carboxylic acids is 2. The van der Waals surface area contributed by atoms with E-state index in [1.807, 2.05) is 0 Å². The number of nitrogens with one attached hydrogen (secondary N) is 1. The van der Waals surface area contributed by atoms with Crippen LogP contribution in [0.25, 0.3) is 0 Å². The molecule has 1 amide bonds. The number of anilines is 1. The van der Waals surface area contributed by atoms with E-state index >= 15 is 0 Å². The van der Waals surface area contributed by atoms with Crippen LogP contribution in [0.3, 0.4) is 0 Å². The van der Waals surface area contributed by atoms with E-state index in [-0.39, 0.29) is 6.42 Å². The van der Waals surface area contributed by atoms with Crippen LogP contribution in [0.1, 0.15) is 12.5 Å². The number of ether oxygens (including phenoxy) is 2. The van der Waals surface area contributed by atoms with Gasteiger partial charge in [-0.2, -0.15) is 0 Å². The van der Waals surface area contributed by atoms with Gasteiger partial charge >= 0.3 is 5.97 Å². The standard InChI is InChI=1S/C17H17ClN2O4/c1-11(17(22)20-15-8-5-13(18)10-19-15)24-16(21)9-12-3-6-14(23-2)7-4-12/h3-8,10-11H,9H2,1-2H3,(H,19,20,22). The zero-order chi connectivity index (χ0) is 17.5. The molecule has 0 radical (unpaired) electrons. The molecule has 126 valence electrons. The van der Waals surface area contributed by atoms with Gasteiger partial charge in [-0.15, -0.1) is 0 Å². The van der Waals surface area contributed by atoms with Crippen molar-refractivity contribution in [2.24, 2.45) is 0 Å². The predicted molar refractivity (Wildman–Crippen MR) is 90.1 cm³/mol. The summed E-state index contributed by atoms with van der Waals surface area (Å²) < 4.78 is 10.2. The first-order chi connectivity index (χ1) is 11.5. The van der Waals surface area contributed by atoms with Gasteiger partial charge in [0.2, 0.25) is 0 Å². The van der Waals surface area contributed by atoms with Crippen LogP contribution in [0, 0.1) is 0 Å². The highest BCUT2D eigenvalue weighted by molar-refractivity contribution is 6.30. The maximum Gasteiger partial charge on any atom is 0.311 e. The van der Waals surface area contributed by atoms with E-state index in [9.17, 15) is 9.59 Å². The van der Waals surface area contributed by atoms with Crippen LogP contribution >= 0.6 is 11.6 Å². The predicted octanol–water partition coefficient (Wildman–Crippen LogP) is 2.86. The quantitative estimate of drug-likeness (QED) is 0.812. The monoisotopic (exact) mass is 348 g/mol. The lowest BCUT2D eigenvalue weighted by Crippen LogP contribution is -2.30. The van der Waals surface area contributed by atoms with Gasteiger partial charge in [-0.3, -0.25) is 9.59 Å². The van der Waals surface area contributed by atoms with Crippen LogP contribution in [0.5, 0.6) is 5.75 Å². The molecule has 0 aliphatic heterocycles. The second kappa shape index (κ2) is 8.31. The van der Waals surface area contributed by atoms with Gasteiger partial charge in [0.15, 0.2) is 6.10 Å².